The zero-order valence-corrected chi connectivity index (χ0v) is 12.8. The Balaban J connectivity index is 3.09. The van der Waals surface area contributed by atoms with Gasteiger partial charge in [0.2, 0.25) is 0 Å². The van der Waals surface area contributed by atoms with Crippen molar-refractivity contribution in [2.75, 3.05) is 20.6 Å². The summed E-state index contributed by atoms with van der Waals surface area (Å²) >= 11 is 0. The largest absolute Gasteiger partial charge is 0.308 e. The summed E-state index contributed by atoms with van der Waals surface area (Å²) in [5, 5.41) is 3.61. The molecule has 1 aromatic rings. The SMILES string of the molecule is CCCNC(c1ccc(F)cc1)C(C)(CC)N(C)C. The molecule has 1 aromatic carbocycles. The van der Waals surface area contributed by atoms with Crippen LogP contribution in [0.1, 0.15) is 45.2 Å². The van der Waals surface area contributed by atoms with Crippen LogP contribution >= 0.6 is 0 Å². The number of benzene rings is 1. The summed E-state index contributed by atoms with van der Waals surface area (Å²) in [4.78, 5) is 2.25. The highest BCUT2D eigenvalue weighted by molar-refractivity contribution is 5.23. The summed E-state index contributed by atoms with van der Waals surface area (Å²) in [6, 6.07) is 7.07. The lowest BCUT2D eigenvalue weighted by molar-refractivity contribution is 0.113. The van der Waals surface area contributed by atoms with Gasteiger partial charge in [-0.2, -0.15) is 0 Å². The van der Waals surface area contributed by atoms with Gasteiger partial charge in [-0.25, -0.2) is 4.39 Å². The van der Waals surface area contributed by atoms with Gasteiger partial charge >= 0.3 is 0 Å². The smallest absolute Gasteiger partial charge is 0.123 e. The molecule has 0 spiro atoms. The van der Waals surface area contributed by atoms with Crippen LogP contribution in [0.3, 0.4) is 0 Å². The van der Waals surface area contributed by atoms with Gasteiger partial charge in [-0.05, 0) is 58.1 Å². The van der Waals surface area contributed by atoms with Crippen molar-refractivity contribution in [1.82, 2.24) is 10.2 Å². The standard InChI is InChI=1S/C16H27FN2/c1-6-12-18-15(16(3,7-2)19(4)5)13-8-10-14(17)11-9-13/h8-11,15,18H,6-7,12H2,1-5H3. The summed E-state index contributed by atoms with van der Waals surface area (Å²) in [6.07, 6.45) is 2.11. The Bertz CT molecular complexity index is 375. The van der Waals surface area contributed by atoms with Crippen molar-refractivity contribution >= 4 is 0 Å². The molecule has 0 fully saturated rings. The minimum absolute atomic E-state index is 0.00694. The molecule has 0 aliphatic carbocycles. The molecule has 0 bridgehead atoms. The quantitative estimate of drug-likeness (QED) is 0.811. The number of nitrogens with zero attached hydrogens (tertiary/aromatic N) is 1. The number of hydrogen-bond donors (Lipinski definition) is 1. The Morgan fingerprint density at radius 2 is 1.79 bits per heavy atom. The molecular weight excluding hydrogens is 239 g/mol. The molecule has 1 N–H and O–H groups in total. The van der Waals surface area contributed by atoms with E-state index >= 15 is 0 Å². The van der Waals surface area contributed by atoms with Crippen LogP contribution in [0.2, 0.25) is 0 Å². The van der Waals surface area contributed by atoms with Crippen molar-refractivity contribution in [3.8, 4) is 0 Å². The van der Waals surface area contributed by atoms with Crippen molar-refractivity contribution in [3.63, 3.8) is 0 Å². The maximum atomic E-state index is 13.1. The van der Waals surface area contributed by atoms with Crippen molar-refractivity contribution in [3.05, 3.63) is 35.6 Å². The third-order valence-electron chi connectivity index (χ3n) is 4.16. The van der Waals surface area contributed by atoms with E-state index in [1.165, 1.54) is 0 Å². The molecule has 1 rings (SSSR count). The molecule has 0 heterocycles. The van der Waals surface area contributed by atoms with E-state index in [9.17, 15) is 4.39 Å². The lowest BCUT2D eigenvalue weighted by atomic mass is 9.83. The molecule has 0 aliphatic heterocycles. The first kappa shape index (κ1) is 16.1. The van der Waals surface area contributed by atoms with Crippen molar-refractivity contribution in [2.45, 2.75) is 45.2 Å². The Morgan fingerprint density at radius 1 is 1.21 bits per heavy atom. The van der Waals surface area contributed by atoms with E-state index in [0.717, 1.165) is 24.9 Å². The Hall–Kier alpha value is -0.930. The summed E-state index contributed by atoms with van der Waals surface area (Å²) in [6.45, 7) is 7.58. The molecule has 2 unspecified atom stereocenters. The second kappa shape index (κ2) is 7.01. The fraction of sp³-hybridized carbons (Fsp3) is 0.625. The van der Waals surface area contributed by atoms with Gasteiger partial charge in [-0.3, -0.25) is 0 Å². The summed E-state index contributed by atoms with van der Waals surface area (Å²) in [5.41, 5.74) is 1.15. The van der Waals surface area contributed by atoms with Gasteiger partial charge in [0.25, 0.3) is 0 Å². The number of nitrogens with one attached hydrogen (secondary N) is 1. The van der Waals surface area contributed by atoms with E-state index in [2.05, 4.69) is 45.1 Å². The van der Waals surface area contributed by atoms with Crippen LogP contribution in [0.4, 0.5) is 4.39 Å². The van der Waals surface area contributed by atoms with Gasteiger partial charge in [-0.15, -0.1) is 0 Å². The fourth-order valence-corrected chi connectivity index (χ4v) is 2.42. The normalized spacial score (nSPS) is 16.4. The Kier molecular flexibility index (Phi) is 5.95. The lowest BCUT2D eigenvalue weighted by Crippen LogP contribution is -2.51. The minimum atomic E-state index is -0.180. The van der Waals surface area contributed by atoms with Crippen LogP contribution in [-0.4, -0.2) is 31.1 Å². The van der Waals surface area contributed by atoms with E-state index in [4.69, 9.17) is 0 Å². The van der Waals surface area contributed by atoms with Gasteiger partial charge in [-0.1, -0.05) is 26.0 Å². The number of likely N-dealkylation sites (N-methyl/N-ethyl adjacent to an activating group) is 1. The highest BCUT2D eigenvalue weighted by Gasteiger charge is 2.35. The highest BCUT2D eigenvalue weighted by atomic mass is 19.1. The lowest BCUT2D eigenvalue weighted by Gasteiger charge is -2.43. The van der Waals surface area contributed by atoms with Crippen LogP contribution in [0, 0.1) is 5.82 Å². The third kappa shape index (κ3) is 3.77. The van der Waals surface area contributed by atoms with Crippen LogP contribution in [0.15, 0.2) is 24.3 Å². The minimum Gasteiger partial charge on any atom is -0.308 e. The summed E-state index contributed by atoms with van der Waals surface area (Å²) in [7, 11) is 4.21. The van der Waals surface area contributed by atoms with E-state index in [-0.39, 0.29) is 17.4 Å². The van der Waals surface area contributed by atoms with E-state index in [1.807, 2.05) is 12.1 Å². The molecule has 2 atom stereocenters. The van der Waals surface area contributed by atoms with Crippen LogP contribution in [-0.2, 0) is 0 Å². The molecule has 3 heteroatoms. The fourth-order valence-electron chi connectivity index (χ4n) is 2.42. The Labute approximate surface area is 117 Å². The third-order valence-corrected chi connectivity index (χ3v) is 4.16. The second-order valence-corrected chi connectivity index (χ2v) is 5.54. The topological polar surface area (TPSA) is 15.3 Å². The maximum absolute atomic E-state index is 13.1. The zero-order valence-electron chi connectivity index (χ0n) is 12.8. The van der Waals surface area contributed by atoms with Gasteiger partial charge < -0.3 is 10.2 Å². The highest BCUT2D eigenvalue weighted by Crippen LogP contribution is 2.32. The number of hydrogen-bond acceptors (Lipinski definition) is 2. The first-order valence-corrected chi connectivity index (χ1v) is 7.12. The molecule has 108 valence electrons. The molecule has 0 aliphatic rings. The maximum Gasteiger partial charge on any atom is 0.123 e. The van der Waals surface area contributed by atoms with Crippen LogP contribution < -0.4 is 5.32 Å². The van der Waals surface area contributed by atoms with Gasteiger partial charge in [0.05, 0.1) is 6.04 Å². The molecule has 2 nitrogen and oxygen atoms in total. The molecule has 19 heavy (non-hydrogen) atoms. The monoisotopic (exact) mass is 266 g/mol. The van der Waals surface area contributed by atoms with Gasteiger partial charge in [0.15, 0.2) is 0 Å². The molecule has 0 saturated carbocycles. The molecular formula is C16H27FN2. The first-order valence-electron chi connectivity index (χ1n) is 7.12. The average molecular weight is 266 g/mol. The molecule has 0 amide bonds. The van der Waals surface area contributed by atoms with Crippen LogP contribution in [0.25, 0.3) is 0 Å². The van der Waals surface area contributed by atoms with Gasteiger partial charge in [0.1, 0.15) is 5.82 Å². The first-order chi connectivity index (χ1) is 8.95. The van der Waals surface area contributed by atoms with E-state index in [0.29, 0.717) is 0 Å². The van der Waals surface area contributed by atoms with E-state index < -0.39 is 0 Å². The Morgan fingerprint density at radius 3 is 2.21 bits per heavy atom. The predicted molar refractivity (Wildman–Crippen MR) is 79.8 cm³/mol. The molecule has 0 radical (unpaired) electrons. The number of rotatable bonds is 7. The number of halogens is 1. The molecule has 0 aromatic heterocycles. The predicted octanol–water partition coefficient (Wildman–Crippen LogP) is 3.60. The summed E-state index contributed by atoms with van der Waals surface area (Å²) < 4.78 is 13.1. The van der Waals surface area contributed by atoms with Crippen LogP contribution in [0.5, 0.6) is 0 Å². The van der Waals surface area contributed by atoms with Crippen molar-refractivity contribution in [1.29, 1.82) is 0 Å². The van der Waals surface area contributed by atoms with E-state index in [1.54, 1.807) is 12.1 Å². The summed E-state index contributed by atoms with van der Waals surface area (Å²) in [5.74, 6) is -0.180. The van der Waals surface area contributed by atoms with Gasteiger partial charge in [0, 0.05) is 5.54 Å². The van der Waals surface area contributed by atoms with Crippen molar-refractivity contribution in [2.24, 2.45) is 0 Å². The van der Waals surface area contributed by atoms with Crippen molar-refractivity contribution < 1.29 is 4.39 Å². The molecule has 0 saturated heterocycles. The average Bonchev–Trinajstić information content (AvgIpc) is 2.40. The zero-order chi connectivity index (χ0) is 14.5. The second-order valence-electron chi connectivity index (χ2n) is 5.54.